The molecule has 1 fully saturated rings. The van der Waals surface area contributed by atoms with Gasteiger partial charge in [0.25, 0.3) is 11.7 Å². The Morgan fingerprint density at radius 3 is 2.21 bits per heavy atom. The summed E-state index contributed by atoms with van der Waals surface area (Å²) in [4.78, 5) is 27.8. The summed E-state index contributed by atoms with van der Waals surface area (Å²) < 4.78 is 16.2. The van der Waals surface area contributed by atoms with Gasteiger partial charge in [0.15, 0.2) is 11.5 Å². The van der Waals surface area contributed by atoms with Gasteiger partial charge in [-0.05, 0) is 53.4 Å². The van der Waals surface area contributed by atoms with Gasteiger partial charge in [0.2, 0.25) is 0 Å². The molecule has 1 unspecified atom stereocenters. The second-order valence-corrected chi connectivity index (χ2v) is 9.05. The molecule has 1 aliphatic rings. The number of ether oxygens (including phenoxy) is 2. The van der Waals surface area contributed by atoms with E-state index in [4.69, 9.17) is 13.9 Å². The summed E-state index contributed by atoms with van der Waals surface area (Å²) in [5, 5.41) is 11.2. The van der Waals surface area contributed by atoms with Crippen molar-refractivity contribution in [2.24, 2.45) is 0 Å². The maximum atomic E-state index is 13.2. The average molecular weight is 462 g/mol. The van der Waals surface area contributed by atoms with Gasteiger partial charge in [0.05, 0.1) is 26.1 Å². The zero-order valence-electron chi connectivity index (χ0n) is 19.8. The van der Waals surface area contributed by atoms with Crippen molar-refractivity contribution in [2.45, 2.75) is 32.2 Å². The lowest BCUT2D eigenvalue weighted by molar-refractivity contribution is -0.132. The number of hydrogen-bond acceptors (Lipinski definition) is 6. The molecule has 34 heavy (non-hydrogen) atoms. The molecule has 1 aliphatic heterocycles. The fourth-order valence-electron chi connectivity index (χ4n) is 4.08. The highest BCUT2D eigenvalue weighted by molar-refractivity contribution is 6.51. The van der Waals surface area contributed by atoms with Crippen LogP contribution in [-0.2, 0) is 15.0 Å². The van der Waals surface area contributed by atoms with Crippen molar-refractivity contribution in [1.29, 1.82) is 0 Å². The second kappa shape index (κ2) is 8.74. The minimum absolute atomic E-state index is 0.0629. The van der Waals surface area contributed by atoms with Crippen molar-refractivity contribution in [2.75, 3.05) is 19.1 Å². The number of nitrogens with zero attached hydrogens (tertiary/aromatic N) is 1. The van der Waals surface area contributed by atoms with Crippen molar-refractivity contribution < 1.29 is 28.6 Å². The molecular formula is C27H27NO6. The first-order chi connectivity index (χ1) is 16.2. The number of anilines is 1. The first-order valence-electron chi connectivity index (χ1n) is 10.8. The van der Waals surface area contributed by atoms with E-state index < -0.39 is 17.7 Å². The van der Waals surface area contributed by atoms with Crippen LogP contribution >= 0.6 is 0 Å². The van der Waals surface area contributed by atoms with Gasteiger partial charge < -0.3 is 19.0 Å². The number of carbonyl (C=O) groups is 2. The Hall–Kier alpha value is -4.00. The summed E-state index contributed by atoms with van der Waals surface area (Å²) in [6, 6.07) is 14.7. The van der Waals surface area contributed by atoms with Crippen LogP contribution in [0.15, 0.2) is 70.9 Å². The van der Waals surface area contributed by atoms with Gasteiger partial charge in [-0.2, -0.15) is 0 Å². The first-order valence-corrected chi connectivity index (χ1v) is 10.8. The molecule has 1 amide bonds. The van der Waals surface area contributed by atoms with Crippen LogP contribution < -0.4 is 14.4 Å². The van der Waals surface area contributed by atoms with Gasteiger partial charge >= 0.3 is 0 Å². The largest absolute Gasteiger partial charge is 0.507 e. The molecule has 3 aromatic rings. The van der Waals surface area contributed by atoms with Crippen molar-refractivity contribution in [3.05, 3.63) is 83.3 Å². The Bertz CT molecular complexity index is 1250. The zero-order chi connectivity index (χ0) is 24.6. The van der Waals surface area contributed by atoms with E-state index in [2.05, 4.69) is 20.8 Å². The second-order valence-electron chi connectivity index (χ2n) is 9.05. The molecule has 2 aromatic carbocycles. The Kier molecular flexibility index (Phi) is 5.96. The standard InChI is InChI=1S/C27H27NO6/c1-27(2,3)17-9-11-18(12-10-17)28-23(20-7-6-14-34-20)22(25(30)26(28)31)24(29)16-8-13-19(32-4)21(15-16)33-5/h6-15,23,29H,1-5H3/b24-22-. The summed E-state index contributed by atoms with van der Waals surface area (Å²) in [5.41, 5.74) is 1.80. The minimum atomic E-state index is -0.927. The molecule has 2 heterocycles. The lowest BCUT2D eigenvalue weighted by Gasteiger charge is -2.25. The van der Waals surface area contributed by atoms with E-state index in [0.717, 1.165) is 5.56 Å². The number of methoxy groups -OCH3 is 2. The highest BCUT2D eigenvalue weighted by Crippen LogP contribution is 2.43. The number of aliphatic hydroxyl groups is 1. The molecule has 1 atom stereocenters. The van der Waals surface area contributed by atoms with Gasteiger partial charge in [-0.1, -0.05) is 32.9 Å². The number of carbonyl (C=O) groups excluding carboxylic acids is 2. The van der Waals surface area contributed by atoms with Crippen molar-refractivity contribution in [3.63, 3.8) is 0 Å². The summed E-state index contributed by atoms with van der Waals surface area (Å²) in [6.45, 7) is 6.29. The third-order valence-electron chi connectivity index (χ3n) is 5.93. The highest BCUT2D eigenvalue weighted by atomic mass is 16.5. The molecule has 7 nitrogen and oxygen atoms in total. The van der Waals surface area contributed by atoms with Crippen LogP contribution in [0.1, 0.15) is 43.7 Å². The summed E-state index contributed by atoms with van der Waals surface area (Å²) in [6.07, 6.45) is 1.47. The number of Topliss-reactive ketones (excluding diaryl/α,β-unsaturated/α-hetero) is 1. The third kappa shape index (κ3) is 3.94. The maximum Gasteiger partial charge on any atom is 0.300 e. The number of rotatable bonds is 5. The number of amides is 1. The molecule has 1 saturated heterocycles. The predicted molar refractivity (Wildman–Crippen MR) is 128 cm³/mol. The SMILES string of the molecule is COc1ccc(/C(O)=C2/C(=O)C(=O)N(c3ccc(C(C)(C)C)cc3)C2c2ccco2)cc1OC. The van der Waals surface area contributed by atoms with Crippen LogP contribution in [0.5, 0.6) is 11.5 Å². The maximum absolute atomic E-state index is 13.2. The predicted octanol–water partition coefficient (Wildman–Crippen LogP) is 5.22. The summed E-state index contributed by atoms with van der Waals surface area (Å²) >= 11 is 0. The number of aliphatic hydroxyl groups excluding tert-OH is 1. The monoisotopic (exact) mass is 461 g/mol. The number of furan rings is 1. The molecule has 0 radical (unpaired) electrons. The van der Waals surface area contributed by atoms with Gasteiger partial charge in [0, 0.05) is 11.3 Å². The van der Waals surface area contributed by atoms with Crippen molar-refractivity contribution in [3.8, 4) is 11.5 Å². The molecule has 1 aromatic heterocycles. The molecule has 0 aliphatic carbocycles. The fourth-order valence-corrected chi connectivity index (χ4v) is 4.08. The lowest BCUT2D eigenvalue weighted by atomic mass is 9.87. The summed E-state index contributed by atoms with van der Waals surface area (Å²) in [5.74, 6) is -0.648. The highest BCUT2D eigenvalue weighted by Gasteiger charge is 2.48. The van der Waals surface area contributed by atoms with E-state index in [1.54, 1.807) is 42.5 Å². The third-order valence-corrected chi connectivity index (χ3v) is 5.93. The lowest BCUT2D eigenvalue weighted by Crippen LogP contribution is -2.29. The fraction of sp³-hybridized carbons (Fsp3) is 0.259. The first kappa shape index (κ1) is 23.2. The van der Waals surface area contributed by atoms with Crippen LogP contribution in [0.25, 0.3) is 5.76 Å². The Labute approximate surface area is 198 Å². The number of hydrogen-bond donors (Lipinski definition) is 1. The average Bonchev–Trinajstić information content (AvgIpc) is 3.44. The van der Waals surface area contributed by atoms with E-state index in [0.29, 0.717) is 28.5 Å². The van der Waals surface area contributed by atoms with Crippen LogP contribution in [0, 0.1) is 0 Å². The Morgan fingerprint density at radius 2 is 1.65 bits per heavy atom. The van der Waals surface area contributed by atoms with E-state index in [1.165, 1.54) is 25.4 Å². The number of benzene rings is 2. The zero-order valence-corrected chi connectivity index (χ0v) is 19.8. The Balaban J connectivity index is 1.87. The van der Waals surface area contributed by atoms with Gasteiger partial charge in [-0.15, -0.1) is 0 Å². The molecule has 7 heteroatoms. The van der Waals surface area contributed by atoms with E-state index in [1.807, 2.05) is 12.1 Å². The molecular weight excluding hydrogens is 434 g/mol. The molecule has 4 rings (SSSR count). The summed E-state index contributed by atoms with van der Waals surface area (Å²) in [7, 11) is 2.98. The molecule has 0 bridgehead atoms. The van der Waals surface area contributed by atoms with Crippen molar-refractivity contribution >= 4 is 23.1 Å². The topological polar surface area (TPSA) is 89.2 Å². The Morgan fingerprint density at radius 1 is 0.971 bits per heavy atom. The molecule has 1 N–H and O–H groups in total. The van der Waals surface area contributed by atoms with Gasteiger partial charge in [-0.3, -0.25) is 14.5 Å². The van der Waals surface area contributed by atoms with Gasteiger partial charge in [-0.25, -0.2) is 0 Å². The minimum Gasteiger partial charge on any atom is -0.507 e. The van der Waals surface area contributed by atoms with Crippen LogP contribution in [-0.4, -0.2) is 31.0 Å². The smallest absolute Gasteiger partial charge is 0.300 e. The molecule has 176 valence electrons. The van der Waals surface area contributed by atoms with E-state index >= 15 is 0 Å². The van der Waals surface area contributed by atoms with E-state index in [-0.39, 0.29) is 16.7 Å². The molecule has 0 saturated carbocycles. The molecule has 0 spiro atoms. The van der Waals surface area contributed by atoms with Crippen molar-refractivity contribution in [1.82, 2.24) is 0 Å². The number of ketones is 1. The van der Waals surface area contributed by atoms with Gasteiger partial charge in [0.1, 0.15) is 17.6 Å². The van der Waals surface area contributed by atoms with Crippen LogP contribution in [0.2, 0.25) is 0 Å². The quantitative estimate of drug-likeness (QED) is 0.318. The van der Waals surface area contributed by atoms with Crippen LogP contribution in [0.3, 0.4) is 0 Å². The van der Waals surface area contributed by atoms with Crippen LogP contribution in [0.4, 0.5) is 5.69 Å². The van der Waals surface area contributed by atoms with E-state index in [9.17, 15) is 14.7 Å². The normalized spacial score (nSPS) is 17.8.